The van der Waals surface area contributed by atoms with Gasteiger partial charge >= 0.3 is 0 Å². The molecule has 138 valence electrons. The van der Waals surface area contributed by atoms with Crippen LogP contribution in [0.15, 0.2) is 23.1 Å². The summed E-state index contributed by atoms with van der Waals surface area (Å²) in [7, 11) is -3.68. The van der Waals surface area contributed by atoms with Crippen LogP contribution >= 0.6 is 0 Å². The Kier molecular flexibility index (Phi) is 5.29. The molecule has 0 saturated carbocycles. The van der Waals surface area contributed by atoms with Gasteiger partial charge in [0.1, 0.15) is 5.69 Å². The van der Waals surface area contributed by atoms with Crippen molar-refractivity contribution in [2.45, 2.75) is 43.9 Å². The van der Waals surface area contributed by atoms with E-state index in [-0.39, 0.29) is 10.6 Å². The van der Waals surface area contributed by atoms with Crippen LogP contribution in [0.5, 0.6) is 0 Å². The van der Waals surface area contributed by atoms with Gasteiger partial charge in [0.25, 0.3) is 5.69 Å². The fraction of sp³-hybridized carbons (Fsp3) is 0.647. The number of hydrogen-bond donors (Lipinski definition) is 0. The minimum atomic E-state index is -3.68. The molecule has 0 N–H and O–H groups in total. The van der Waals surface area contributed by atoms with Crippen LogP contribution in [0.1, 0.15) is 39.0 Å². The van der Waals surface area contributed by atoms with Gasteiger partial charge < -0.3 is 4.90 Å². The largest absolute Gasteiger partial charge is 0.366 e. The molecule has 2 fully saturated rings. The zero-order valence-electron chi connectivity index (χ0n) is 14.6. The van der Waals surface area contributed by atoms with Crippen LogP contribution < -0.4 is 4.90 Å². The first-order chi connectivity index (χ1) is 11.9. The molecule has 7 nitrogen and oxygen atoms in total. The van der Waals surface area contributed by atoms with Crippen molar-refractivity contribution >= 4 is 21.4 Å². The molecular formula is C17H25N3O4S. The number of nitrogens with zero attached hydrogens (tertiary/aromatic N) is 3. The molecule has 2 heterocycles. The third-order valence-corrected chi connectivity index (χ3v) is 7.12. The first-order valence-electron chi connectivity index (χ1n) is 8.93. The minimum absolute atomic E-state index is 0.0227. The van der Waals surface area contributed by atoms with E-state index in [0.717, 1.165) is 45.2 Å². The van der Waals surface area contributed by atoms with Crippen LogP contribution in [0.3, 0.4) is 0 Å². The number of nitro groups is 1. The van der Waals surface area contributed by atoms with Crippen molar-refractivity contribution in [3.05, 3.63) is 28.3 Å². The number of benzene rings is 1. The second kappa shape index (κ2) is 7.29. The summed E-state index contributed by atoms with van der Waals surface area (Å²) >= 11 is 0. The van der Waals surface area contributed by atoms with Gasteiger partial charge in [-0.1, -0.05) is 6.92 Å². The second-order valence-electron chi connectivity index (χ2n) is 7.04. The SMILES string of the molecule is CC1CCN(S(=O)(=O)c2ccc(N3CCCCC3)c([N+](=O)[O-])c2)CC1. The number of rotatable bonds is 4. The standard InChI is InChI=1S/C17H25N3O4S/c1-14-7-11-19(12-8-14)25(23,24)15-5-6-16(17(13-15)20(21)22)18-9-3-2-4-10-18/h5-6,13-14H,2-4,7-12H2,1H3. The molecule has 0 bridgehead atoms. The van der Waals surface area contributed by atoms with Gasteiger partial charge in [-0.3, -0.25) is 10.1 Å². The number of sulfonamides is 1. The molecule has 0 radical (unpaired) electrons. The second-order valence-corrected chi connectivity index (χ2v) is 8.98. The van der Waals surface area contributed by atoms with Crippen molar-refractivity contribution < 1.29 is 13.3 Å². The lowest BCUT2D eigenvalue weighted by atomic mass is 10.0. The van der Waals surface area contributed by atoms with Crippen LogP contribution in [0.25, 0.3) is 0 Å². The third-order valence-electron chi connectivity index (χ3n) is 5.22. The van der Waals surface area contributed by atoms with E-state index in [4.69, 9.17) is 0 Å². The van der Waals surface area contributed by atoms with Crippen molar-refractivity contribution in [3.63, 3.8) is 0 Å². The van der Waals surface area contributed by atoms with E-state index in [2.05, 4.69) is 6.92 Å². The van der Waals surface area contributed by atoms with E-state index in [0.29, 0.717) is 24.7 Å². The molecule has 0 unspecified atom stereocenters. The molecular weight excluding hydrogens is 342 g/mol. The van der Waals surface area contributed by atoms with Gasteiger partial charge in [-0.05, 0) is 50.2 Å². The van der Waals surface area contributed by atoms with E-state index < -0.39 is 14.9 Å². The van der Waals surface area contributed by atoms with Crippen molar-refractivity contribution in [3.8, 4) is 0 Å². The predicted octanol–water partition coefficient (Wildman–Crippen LogP) is 3.01. The fourth-order valence-electron chi connectivity index (χ4n) is 3.59. The lowest BCUT2D eigenvalue weighted by molar-refractivity contribution is -0.384. The van der Waals surface area contributed by atoms with E-state index in [1.54, 1.807) is 6.07 Å². The van der Waals surface area contributed by atoms with E-state index in [1.165, 1.54) is 16.4 Å². The van der Waals surface area contributed by atoms with Gasteiger partial charge in [-0.15, -0.1) is 0 Å². The Hall–Kier alpha value is -1.67. The summed E-state index contributed by atoms with van der Waals surface area (Å²) in [6.07, 6.45) is 4.79. The van der Waals surface area contributed by atoms with Crippen LogP contribution in [0.4, 0.5) is 11.4 Å². The summed E-state index contributed by atoms with van der Waals surface area (Å²) in [6, 6.07) is 4.35. The van der Waals surface area contributed by atoms with Gasteiger partial charge in [0.05, 0.1) is 9.82 Å². The molecule has 25 heavy (non-hydrogen) atoms. The van der Waals surface area contributed by atoms with Crippen LogP contribution in [-0.4, -0.2) is 43.8 Å². The molecule has 1 aromatic rings. The van der Waals surface area contributed by atoms with Crippen LogP contribution in [-0.2, 0) is 10.0 Å². The molecule has 0 atom stereocenters. The Bertz CT molecular complexity index is 736. The highest BCUT2D eigenvalue weighted by Crippen LogP contribution is 2.34. The van der Waals surface area contributed by atoms with Crippen molar-refractivity contribution in [1.29, 1.82) is 0 Å². The molecule has 2 aliphatic rings. The number of nitro benzene ring substituents is 1. The van der Waals surface area contributed by atoms with Gasteiger partial charge in [-0.25, -0.2) is 8.42 Å². The maximum absolute atomic E-state index is 12.8. The summed E-state index contributed by atoms with van der Waals surface area (Å²) in [5.74, 6) is 0.516. The Labute approximate surface area is 148 Å². The van der Waals surface area contributed by atoms with Crippen molar-refractivity contribution in [1.82, 2.24) is 4.31 Å². The van der Waals surface area contributed by atoms with Gasteiger partial charge in [0.2, 0.25) is 10.0 Å². The van der Waals surface area contributed by atoms with E-state index in [1.807, 2.05) is 4.90 Å². The monoisotopic (exact) mass is 367 g/mol. The van der Waals surface area contributed by atoms with Gasteiger partial charge in [0, 0.05) is 32.2 Å². The quantitative estimate of drug-likeness (QED) is 0.603. The highest BCUT2D eigenvalue weighted by atomic mass is 32.2. The van der Waals surface area contributed by atoms with E-state index in [9.17, 15) is 18.5 Å². The number of hydrogen-bond acceptors (Lipinski definition) is 5. The summed E-state index contributed by atoms with van der Waals surface area (Å²) in [5.41, 5.74) is 0.407. The fourth-order valence-corrected chi connectivity index (χ4v) is 5.08. The zero-order chi connectivity index (χ0) is 18.0. The van der Waals surface area contributed by atoms with Gasteiger partial charge in [0.15, 0.2) is 0 Å². The molecule has 8 heteroatoms. The zero-order valence-corrected chi connectivity index (χ0v) is 15.4. The average Bonchev–Trinajstić information content (AvgIpc) is 2.62. The van der Waals surface area contributed by atoms with Crippen molar-refractivity contribution in [2.75, 3.05) is 31.1 Å². The summed E-state index contributed by atoms with van der Waals surface area (Å²) in [5, 5.41) is 11.5. The highest BCUT2D eigenvalue weighted by molar-refractivity contribution is 7.89. The Morgan fingerprint density at radius 3 is 2.32 bits per heavy atom. The molecule has 0 aromatic heterocycles. The molecule has 0 spiro atoms. The van der Waals surface area contributed by atoms with Crippen LogP contribution in [0.2, 0.25) is 0 Å². The maximum atomic E-state index is 12.8. The first-order valence-corrected chi connectivity index (χ1v) is 10.4. The summed E-state index contributed by atoms with van der Waals surface area (Å²) in [4.78, 5) is 13.1. The Balaban J connectivity index is 1.92. The van der Waals surface area contributed by atoms with E-state index >= 15 is 0 Å². The minimum Gasteiger partial charge on any atom is -0.366 e. The summed E-state index contributed by atoms with van der Waals surface area (Å²) in [6.45, 7) is 4.62. The van der Waals surface area contributed by atoms with Crippen LogP contribution in [0, 0.1) is 16.0 Å². The number of piperidine rings is 2. The first kappa shape index (κ1) is 18.1. The molecule has 2 aliphatic heterocycles. The highest BCUT2D eigenvalue weighted by Gasteiger charge is 2.31. The molecule has 2 saturated heterocycles. The predicted molar refractivity (Wildman–Crippen MR) is 96.3 cm³/mol. The molecule has 3 rings (SSSR count). The lowest BCUT2D eigenvalue weighted by Crippen LogP contribution is -2.38. The summed E-state index contributed by atoms with van der Waals surface area (Å²) < 4.78 is 27.1. The Morgan fingerprint density at radius 1 is 1.08 bits per heavy atom. The molecule has 0 aliphatic carbocycles. The lowest BCUT2D eigenvalue weighted by Gasteiger charge is -2.30. The molecule has 0 amide bonds. The molecule has 1 aromatic carbocycles. The van der Waals surface area contributed by atoms with Crippen molar-refractivity contribution in [2.24, 2.45) is 5.92 Å². The topological polar surface area (TPSA) is 83.8 Å². The smallest absolute Gasteiger partial charge is 0.293 e. The average molecular weight is 367 g/mol. The normalized spacial score (nSPS) is 20.6. The maximum Gasteiger partial charge on any atom is 0.293 e. The Morgan fingerprint density at radius 2 is 1.72 bits per heavy atom. The number of anilines is 1. The third kappa shape index (κ3) is 3.79. The van der Waals surface area contributed by atoms with Gasteiger partial charge in [-0.2, -0.15) is 4.31 Å².